The Hall–Kier alpha value is -3.30. The minimum atomic E-state index is -0.268. The number of aryl methyl sites for hydroxylation is 1. The molecule has 1 heterocycles. The fourth-order valence-corrected chi connectivity index (χ4v) is 4.48. The zero-order valence-corrected chi connectivity index (χ0v) is 22.3. The number of carbonyl (C=O) groups excluding carboxylic acids is 1. The molecule has 194 valence electrons. The molecule has 0 saturated heterocycles. The number of nitrogens with two attached hydrogens (primary N) is 1. The Morgan fingerprint density at radius 2 is 1.75 bits per heavy atom. The van der Waals surface area contributed by atoms with Gasteiger partial charge in [0.05, 0.1) is 11.1 Å². The van der Waals surface area contributed by atoms with Crippen molar-refractivity contribution < 1.29 is 4.79 Å². The molecular formula is C25H34Cl2N8O. The number of benzene rings is 2. The number of guanidine groups is 1. The molecular weight excluding hydrogens is 499 g/mol. The minimum absolute atomic E-state index is 0. The number of carbonyl (C=O) groups is 1. The van der Waals surface area contributed by atoms with E-state index in [0.29, 0.717) is 11.4 Å². The van der Waals surface area contributed by atoms with Gasteiger partial charge in [0.25, 0.3) is 5.91 Å². The predicted octanol–water partition coefficient (Wildman–Crippen LogP) is 4.31. The second-order valence-electron chi connectivity index (χ2n) is 8.98. The number of fused-ring (bicyclic) bond motifs is 1. The normalized spacial score (nSPS) is 16.8. The van der Waals surface area contributed by atoms with Crippen molar-refractivity contribution in [3.8, 4) is 0 Å². The summed E-state index contributed by atoms with van der Waals surface area (Å²) < 4.78 is 0. The first-order chi connectivity index (χ1) is 16.3. The summed E-state index contributed by atoms with van der Waals surface area (Å²) in [7, 11) is 3.80. The summed E-state index contributed by atoms with van der Waals surface area (Å²) in [5, 5.41) is 18.1. The van der Waals surface area contributed by atoms with Gasteiger partial charge in [0.1, 0.15) is 5.82 Å². The third kappa shape index (κ3) is 6.67. The van der Waals surface area contributed by atoms with Crippen LogP contribution in [0.3, 0.4) is 0 Å². The number of hydrogen-bond acceptors (Lipinski definition) is 6. The zero-order chi connectivity index (χ0) is 24.2. The van der Waals surface area contributed by atoms with Crippen molar-refractivity contribution >= 4 is 65.0 Å². The first kappa shape index (κ1) is 28.9. The maximum Gasteiger partial charge on any atom is 0.260 e. The summed E-state index contributed by atoms with van der Waals surface area (Å²) in [4.78, 5) is 24.3. The molecule has 4 rings (SSSR count). The van der Waals surface area contributed by atoms with Crippen molar-refractivity contribution in [2.45, 2.75) is 44.7 Å². The van der Waals surface area contributed by atoms with Gasteiger partial charge in [0.15, 0.2) is 5.96 Å². The number of hydrogen-bond donors (Lipinski definition) is 5. The average molecular weight is 534 g/mol. The van der Waals surface area contributed by atoms with Crippen molar-refractivity contribution in [2.24, 2.45) is 5.73 Å². The van der Waals surface area contributed by atoms with Crippen LogP contribution < -0.4 is 26.6 Å². The third-order valence-electron chi connectivity index (χ3n) is 6.14. The first-order valence-corrected chi connectivity index (χ1v) is 11.5. The molecule has 36 heavy (non-hydrogen) atoms. The molecule has 11 heteroatoms. The maximum absolute atomic E-state index is 13.1. The van der Waals surface area contributed by atoms with Gasteiger partial charge in [-0.05, 0) is 44.0 Å². The number of para-hydroxylation sites is 1. The summed E-state index contributed by atoms with van der Waals surface area (Å²) in [6.45, 7) is 2.03. The molecule has 2 aromatic carbocycles. The molecule has 1 aliphatic carbocycles. The van der Waals surface area contributed by atoms with E-state index in [-0.39, 0.29) is 54.7 Å². The van der Waals surface area contributed by atoms with Crippen molar-refractivity contribution in [3.05, 3.63) is 53.6 Å². The molecule has 1 saturated carbocycles. The van der Waals surface area contributed by atoms with Crippen molar-refractivity contribution in [1.29, 1.82) is 5.41 Å². The van der Waals surface area contributed by atoms with Gasteiger partial charge in [0, 0.05) is 37.3 Å². The Labute approximate surface area is 224 Å². The van der Waals surface area contributed by atoms with Crippen LogP contribution in [-0.4, -0.2) is 48.0 Å². The van der Waals surface area contributed by atoms with Crippen molar-refractivity contribution in [2.75, 3.05) is 29.6 Å². The van der Waals surface area contributed by atoms with Crippen molar-refractivity contribution in [3.63, 3.8) is 0 Å². The highest BCUT2D eigenvalue weighted by atomic mass is 35.5. The van der Waals surface area contributed by atoms with Gasteiger partial charge in [-0.25, -0.2) is 4.98 Å². The van der Waals surface area contributed by atoms with E-state index in [1.165, 1.54) is 0 Å². The van der Waals surface area contributed by atoms with Gasteiger partial charge < -0.3 is 21.3 Å². The molecule has 1 aromatic heterocycles. The second kappa shape index (κ2) is 12.6. The van der Waals surface area contributed by atoms with Crippen LogP contribution in [-0.2, 0) is 0 Å². The summed E-state index contributed by atoms with van der Waals surface area (Å²) in [6.07, 6.45) is 4.02. The molecule has 6 N–H and O–H groups in total. The lowest BCUT2D eigenvalue weighted by molar-refractivity contribution is 0.102. The third-order valence-corrected chi connectivity index (χ3v) is 6.14. The molecule has 0 unspecified atom stereocenters. The van der Waals surface area contributed by atoms with Crippen LogP contribution in [0.5, 0.6) is 0 Å². The molecule has 0 aliphatic heterocycles. The Kier molecular flexibility index (Phi) is 10.1. The highest BCUT2D eigenvalue weighted by molar-refractivity contribution is 6.08. The first-order valence-electron chi connectivity index (χ1n) is 11.5. The van der Waals surface area contributed by atoms with Crippen LogP contribution in [0, 0.1) is 12.3 Å². The lowest BCUT2D eigenvalue weighted by Gasteiger charge is -2.33. The van der Waals surface area contributed by atoms with E-state index in [9.17, 15) is 4.79 Å². The Bertz CT molecular complexity index is 1220. The van der Waals surface area contributed by atoms with Crippen LogP contribution in [0.25, 0.3) is 10.9 Å². The summed E-state index contributed by atoms with van der Waals surface area (Å²) >= 11 is 0. The molecule has 9 nitrogen and oxygen atoms in total. The van der Waals surface area contributed by atoms with E-state index in [0.717, 1.165) is 47.8 Å². The van der Waals surface area contributed by atoms with E-state index in [2.05, 4.69) is 20.9 Å². The molecule has 0 bridgehead atoms. The number of anilines is 3. The predicted molar refractivity (Wildman–Crippen MR) is 152 cm³/mol. The second-order valence-corrected chi connectivity index (χ2v) is 8.98. The van der Waals surface area contributed by atoms with E-state index in [1.54, 1.807) is 6.07 Å². The Morgan fingerprint density at radius 3 is 2.44 bits per heavy atom. The molecule has 0 radical (unpaired) electrons. The van der Waals surface area contributed by atoms with E-state index in [1.807, 2.05) is 62.3 Å². The molecule has 3 aromatic rings. The molecule has 1 fully saturated rings. The summed E-state index contributed by atoms with van der Waals surface area (Å²) in [5.74, 6) is 0.599. The van der Waals surface area contributed by atoms with Gasteiger partial charge in [-0.3, -0.25) is 15.5 Å². The zero-order valence-electron chi connectivity index (χ0n) is 20.7. The number of nitrogens with one attached hydrogen (secondary N) is 4. The summed E-state index contributed by atoms with van der Waals surface area (Å²) in [6, 6.07) is 13.5. The lowest BCUT2D eigenvalue weighted by atomic mass is 9.90. The number of amides is 1. The van der Waals surface area contributed by atoms with E-state index < -0.39 is 0 Å². The van der Waals surface area contributed by atoms with Gasteiger partial charge in [-0.2, -0.15) is 4.98 Å². The fraction of sp³-hybridized carbons (Fsp3) is 0.360. The standard InChI is InChI=1S/C25H32N8O.2ClH/c1-15-12-13-18-17(14-15)22(28-19-9-5-6-10-20(19)29-24(26)27)31-25(30-18)32-23(34)16-8-4-7-11-21(16)33(2)3;;/h4,7-8,11-14,19-20H,5-6,9-10H2,1-3H3,(H4,26,27,29)(H2,28,30,31,32,34);2*1H/t19-,20+;;/m0../s1. The number of aromatic nitrogens is 2. The lowest BCUT2D eigenvalue weighted by Crippen LogP contribution is -2.50. The average Bonchev–Trinajstić information content (AvgIpc) is 2.80. The van der Waals surface area contributed by atoms with Crippen LogP contribution in [0.2, 0.25) is 0 Å². The highest BCUT2D eigenvalue weighted by Gasteiger charge is 2.26. The largest absolute Gasteiger partial charge is 0.377 e. The number of halogens is 2. The number of rotatable bonds is 6. The fourth-order valence-electron chi connectivity index (χ4n) is 4.48. The molecule has 1 aliphatic rings. The quantitative estimate of drug-likeness (QED) is 0.236. The Balaban J connectivity index is 0.00000228. The van der Waals surface area contributed by atoms with E-state index in [4.69, 9.17) is 16.1 Å². The maximum atomic E-state index is 13.1. The topological polar surface area (TPSA) is 132 Å². The number of nitrogens with zero attached hydrogens (tertiary/aromatic N) is 3. The molecule has 0 spiro atoms. The van der Waals surface area contributed by atoms with Gasteiger partial charge >= 0.3 is 0 Å². The van der Waals surface area contributed by atoms with Gasteiger partial charge in [-0.15, -0.1) is 24.8 Å². The Morgan fingerprint density at radius 1 is 1.06 bits per heavy atom. The van der Waals surface area contributed by atoms with Gasteiger partial charge in [-0.1, -0.05) is 36.6 Å². The van der Waals surface area contributed by atoms with Crippen molar-refractivity contribution in [1.82, 2.24) is 15.3 Å². The SMILES string of the molecule is Cc1ccc2nc(NC(=O)c3ccccc3N(C)C)nc(N[C@H]3CCCC[C@H]3NC(=N)N)c2c1.Cl.Cl. The van der Waals surface area contributed by atoms with Crippen LogP contribution in [0.15, 0.2) is 42.5 Å². The van der Waals surface area contributed by atoms with Crippen LogP contribution in [0.1, 0.15) is 41.6 Å². The molecule has 1 amide bonds. The monoisotopic (exact) mass is 532 g/mol. The molecule has 2 atom stereocenters. The van der Waals surface area contributed by atoms with E-state index >= 15 is 0 Å². The van der Waals surface area contributed by atoms with Gasteiger partial charge in [0.2, 0.25) is 5.95 Å². The minimum Gasteiger partial charge on any atom is -0.377 e. The van der Waals surface area contributed by atoms with Crippen LogP contribution in [0.4, 0.5) is 17.5 Å². The smallest absolute Gasteiger partial charge is 0.260 e. The van der Waals surface area contributed by atoms with Crippen LogP contribution >= 0.6 is 24.8 Å². The highest BCUT2D eigenvalue weighted by Crippen LogP contribution is 2.28. The summed E-state index contributed by atoms with van der Waals surface area (Å²) in [5.41, 5.74) is 8.83.